The second-order valence-electron chi connectivity index (χ2n) is 3.25. The van der Waals surface area contributed by atoms with Gasteiger partial charge in [0, 0.05) is 25.4 Å². The standard InChI is InChI=1S/C10H11F4NO.ClH.F2HN/c1-3-15(2)9-5-4-7(6-8(9)11)16-10(12,13)14;;1-3-2/h4-6H,3H2,1-2H3;1H;3H. The fraction of sp³-hybridized carbons (Fsp3) is 0.400. The fourth-order valence-electron chi connectivity index (χ4n) is 1.16. The van der Waals surface area contributed by atoms with E-state index in [-0.39, 0.29) is 23.9 Å². The largest absolute Gasteiger partial charge is 0.573 e. The number of nitrogens with zero attached hydrogens (tertiary/aromatic N) is 1. The van der Waals surface area contributed by atoms with Gasteiger partial charge in [0.05, 0.1) is 5.69 Å². The molecule has 3 nitrogen and oxygen atoms in total. The van der Waals surface area contributed by atoms with E-state index in [1.165, 1.54) is 6.07 Å². The molecule has 0 unspecified atom stereocenters. The Morgan fingerprint density at radius 2 is 1.75 bits per heavy atom. The third-order valence-corrected chi connectivity index (χ3v) is 2.04. The van der Waals surface area contributed by atoms with Gasteiger partial charge < -0.3 is 9.64 Å². The van der Waals surface area contributed by atoms with Gasteiger partial charge in [-0.15, -0.1) is 34.5 Å². The van der Waals surface area contributed by atoms with Gasteiger partial charge in [-0.2, -0.15) is 0 Å². The van der Waals surface area contributed by atoms with E-state index in [2.05, 4.69) is 4.74 Å². The molecule has 1 aromatic rings. The lowest BCUT2D eigenvalue weighted by molar-refractivity contribution is -0.274. The fourth-order valence-corrected chi connectivity index (χ4v) is 1.16. The van der Waals surface area contributed by atoms with Gasteiger partial charge in [-0.1, -0.05) is 0 Å². The van der Waals surface area contributed by atoms with Gasteiger partial charge in [-0.05, 0) is 19.1 Å². The average molecular weight is 327 g/mol. The van der Waals surface area contributed by atoms with Crippen molar-refractivity contribution in [1.29, 1.82) is 0 Å². The molecule has 0 aliphatic heterocycles. The summed E-state index contributed by atoms with van der Waals surface area (Å²) >= 11 is 0. The number of ether oxygens (including phenoxy) is 1. The molecular weight excluding hydrogens is 314 g/mol. The Hall–Kier alpha value is -1.35. The number of benzene rings is 1. The second-order valence-corrected chi connectivity index (χ2v) is 3.25. The molecule has 0 aliphatic rings. The highest BCUT2D eigenvalue weighted by molar-refractivity contribution is 5.85. The van der Waals surface area contributed by atoms with Crippen LogP contribution < -0.4 is 15.4 Å². The lowest BCUT2D eigenvalue weighted by Gasteiger charge is -2.18. The number of rotatable bonds is 3. The molecule has 0 aliphatic carbocycles. The Balaban J connectivity index is 0. The van der Waals surface area contributed by atoms with Crippen LogP contribution in [0, 0.1) is 5.82 Å². The van der Waals surface area contributed by atoms with Crippen molar-refractivity contribution in [2.24, 2.45) is 0 Å². The van der Waals surface area contributed by atoms with Gasteiger partial charge in [0.15, 0.2) is 0 Å². The van der Waals surface area contributed by atoms with Crippen LogP contribution in [0.25, 0.3) is 0 Å². The van der Waals surface area contributed by atoms with Crippen molar-refractivity contribution in [2.75, 3.05) is 18.5 Å². The van der Waals surface area contributed by atoms with Crippen molar-refractivity contribution in [2.45, 2.75) is 13.3 Å². The summed E-state index contributed by atoms with van der Waals surface area (Å²) in [4.78, 5) is 1.58. The maximum Gasteiger partial charge on any atom is 0.573 e. The number of nitrogens with one attached hydrogen (secondary N) is 1. The Bertz CT molecular complexity index is 391. The van der Waals surface area contributed by atoms with Crippen LogP contribution >= 0.6 is 12.4 Å². The molecule has 1 N–H and O–H groups in total. The van der Waals surface area contributed by atoms with Crippen LogP contribution in [-0.2, 0) is 0 Å². The van der Waals surface area contributed by atoms with Crippen molar-refractivity contribution in [3.05, 3.63) is 24.0 Å². The first-order valence-electron chi connectivity index (χ1n) is 4.97. The number of hydrogen-bond donors (Lipinski definition) is 1. The average Bonchev–Trinajstić information content (AvgIpc) is 2.27. The molecule has 0 aromatic heterocycles. The van der Waals surface area contributed by atoms with E-state index in [0.717, 1.165) is 12.1 Å². The summed E-state index contributed by atoms with van der Waals surface area (Å²) in [6, 6.07) is 3.05. The molecule has 10 heteroatoms. The van der Waals surface area contributed by atoms with Gasteiger partial charge >= 0.3 is 6.36 Å². The van der Waals surface area contributed by atoms with Gasteiger partial charge in [-0.3, -0.25) is 0 Å². The van der Waals surface area contributed by atoms with Crippen LogP contribution in [0.15, 0.2) is 18.2 Å². The molecule has 0 radical (unpaired) electrons. The zero-order valence-corrected chi connectivity index (χ0v) is 11.3. The summed E-state index contributed by atoms with van der Waals surface area (Å²) in [5.41, 5.74) is 0.233. The summed E-state index contributed by atoms with van der Waals surface area (Å²) in [7, 11) is 1.64. The van der Waals surface area contributed by atoms with E-state index < -0.39 is 17.9 Å². The molecule has 0 spiro atoms. The third-order valence-electron chi connectivity index (χ3n) is 2.04. The van der Waals surface area contributed by atoms with Crippen molar-refractivity contribution in [3.63, 3.8) is 0 Å². The summed E-state index contributed by atoms with van der Waals surface area (Å²) in [5, 5.41) is 0. The molecule has 1 aromatic carbocycles. The van der Waals surface area contributed by atoms with Crippen LogP contribution in [-0.4, -0.2) is 20.0 Å². The van der Waals surface area contributed by atoms with Crippen molar-refractivity contribution >= 4 is 18.1 Å². The minimum absolute atomic E-state index is 0. The van der Waals surface area contributed by atoms with E-state index in [9.17, 15) is 26.5 Å². The molecule has 0 amide bonds. The number of hydrogen-bond acceptors (Lipinski definition) is 3. The summed E-state index contributed by atoms with van der Waals surface area (Å²) in [5.74, 6) is -1.55. The van der Waals surface area contributed by atoms with Crippen LogP contribution in [0.3, 0.4) is 0 Å². The van der Waals surface area contributed by atoms with E-state index in [1.54, 1.807) is 18.9 Å². The molecule has 0 heterocycles. The van der Waals surface area contributed by atoms with Gasteiger partial charge in [-0.25, -0.2) is 4.39 Å². The third kappa shape index (κ3) is 7.95. The maximum absolute atomic E-state index is 13.4. The number of anilines is 1. The summed E-state index contributed by atoms with van der Waals surface area (Å²) in [6.07, 6.45) is -4.80. The Kier molecular flexibility index (Phi) is 9.99. The Labute approximate surface area is 117 Å². The highest BCUT2D eigenvalue weighted by atomic mass is 35.5. The van der Waals surface area contributed by atoms with Gasteiger partial charge in [0.1, 0.15) is 11.6 Å². The second kappa shape index (κ2) is 9.54. The molecule has 20 heavy (non-hydrogen) atoms. The highest BCUT2D eigenvalue weighted by Gasteiger charge is 2.31. The Morgan fingerprint density at radius 1 is 1.25 bits per heavy atom. The van der Waals surface area contributed by atoms with Crippen LogP contribution in [0.1, 0.15) is 6.92 Å². The number of alkyl halides is 3. The molecule has 1 rings (SSSR count). The van der Waals surface area contributed by atoms with Crippen molar-refractivity contribution in [3.8, 4) is 5.75 Å². The Morgan fingerprint density at radius 3 is 2.10 bits per heavy atom. The van der Waals surface area contributed by atoms with Crippen LogP contribution in [0.2, 0.25) is 0 Å². The quantitative estimate of drug-likeness (QED) is 0.672. The predicted molar refractivity (Wildman–Crippen MR) is 64.6 cm³/mol. The molecule has 0 saturated carbocycles. The topological polar surface area (TPSA) is 24.5 Å². The first-order valence-corrected chi connectivity index (χ1v) is 4.97. The minimum atomic E-state index is -4.80. The van der Waals surface area contributed by atoms with E-state index in [1.807, 2.05) is 0 Å². The smallest absolute Gasteiger partial charge is 0.406 e. The zero-order chi connectivity index (χ0) is 15.1. The van der Waals surface area contributed by atoms with Crippen LogP contribution in [0.5, 0.6) is 5.75 Å². The van der Waals surface area contributed by atoms with Crippen LogP contribution in [0.4, 0.5) is 32.2 Å². The highest BCUT2D eigenvalue weighted by Crippen LogP contribution is 2.27. The van der Waals surface area contributed by atoms with E-state index >= 15 is 0 Å². The number of halogens is 7. The van der Waals surface area contributed by atoms with E-state index in [4.69, 9.17) is 0 Å². The lowest BCUT2D eigenvalue weighted by atomic mass is 10.2. The lowest BCUT2D eigenvalue weighted by Crippen LogP contribution is -2.19. The predicted octanol–water partition coefficient (Wildman–Crippen LogP) is 3.95. The molecule has 0 atom stereocenters. The monoisotopic (exact) mass is 326 g/mol. The van der Waals surface area contributed by atoms with Gasteiger partial charge in [0.25, 0.3) is 0 Å². The zero-order valence-electron chi connectivity index (χ0n) is 10.5. The summed E-state index contributed by atoms with van der Waals surface area (Å²) in [6.45, 7) is 2.36. The molecular formula is C10H13ClF6N2O. The maximum atomic E-state index is 13.4. The van der Waals surface area contributed by atoms with E-state index in [0.29, 0.717) is 6.54 Å². The molecule has 0 saturated heterocycles. The molecule has 0 bridgehead atoms. The SMILES string of the molecule is CCN(C)c1ccc(OC(F)(F)F)cc1F.Cl.FNF. The minimum Gasteiger partial charge on any atom is -0.406 e. The van der Waals surface area contributed by atoms with Crippen molar-refractivity contribution < 1.29 is 31.3 Å². The van der Waals surface area contributed by atoms with Gasteiger partial charge in [0.2, 0.25) is 0 Å². The molecule has 118 valence electrons. The summed E-state index contributed by atoms with van der Waals surface area (Å²) < 4.78 is 71.2. The first-order chi connectivity index (χ1) is 8.75. The van der Waals surface area contributed by atoms with Crippen molar-refractivity contribution in [1.82, 2.24) is 5.76 Å². The normalized spacial score (nSPS) is 10.0. The first kappa shape index (κ1) is 21.0. The molecule has 0 fully saturated rings.